The van der Waals surface area contributed by atoms with E-state index >= 15 is 0 Å². The Morgan fingerprint density at radius 1 is 0.306 bits per heavy atom. The summed E-state index contributed by atoms with van der Waals surface area (Å²) in [7, 11) is 0. The predicted octanol–water partition coefficient (Wildman–Crippen LogP) is 17.9. The summed E-state index contributed by atoms with van der Waals surface area (Å²) in [5, 5.41) is 0. The number of hydrogen-bond donors (Lipinski definition) is 0. The van der Waals surface area contributed by atoms with Crippen LogP contribution in [0.1, 0.15) is 305 Å². The van der Waals surface area contributed by atoms with E-state index in [2.05, 4.69) is 41.5 Å². The highest BCUT2D eigenvalue weighted by molar-refractivity contribution is 5.71. The Hall–Kier alpha value is -1.59. The fourth-order valence-electron chi connectivity index (χ4n) is 8.37. The van der Waals surface area contributed by atoms with Crippen molar-refractivity contribution in [1.82, 2.24) is 0 Å². The highest BCUT2D eigenvalue weighted by Crippen LogP contribution is 2.19. The highest BCUT2D eigenvalue weighted by atomic mass is 16.6. The summed E-state index contributed by atoms with van der Waals surface area (Å²) in [6.07, 6.45) is 47.9. The van der Waals surface area contributed by atoms with Crippen molar-refractivity contribution in [1.29, 1.82) is 0 Å². The van der Waals surface area contributed by atoms with E-state index in [0.29, 0.717) is 19.3 Å². The Morgan fingerprint density at radius 2 is 0.516 bits per heavy atom. The number of hydrogen-bond acceptors (Lipinski definition) is 6. The molecule has 0 bridgehead atoms. The molecule has 0 spiro atoms. The summed E-state index contributed by atoms with van der Waals surface area (Å²) in [4.78, 5) is 38.0. The molecule has 6 nitrogen and oxygen atoms in total. The first kappa shape index (κ1) is 60.4. The van der Waals surface area contributed by atoms with Crippen LogP contribution in [0.4, 0.5) is 0 Å². The largest absolute Gasteiger partial charge is 0.462 e. The third-order valence-electron chi connectivity index (χ3n) is 13.7. The standard InChI is InChI=1S/C56H108O6/c1-7-50(4)42-36-30-24-18-14-12-10-11-13-15-20-27-33-39-45-54(57)60-48-53(62-56(59)47-41-35-29-23-22-26-32-38-44-52(6)9-3)49-61-55(58)46-40-34-28-21-17-16-19-25-31-37-43-51(5)8-2/h50-53H,7-49H2,1-6H3/t50?,51?,52?,53-/m0/s1. The third-order valence-corrected chi connectivity index (χ3v) is 13.7. The number of ether oxygens (including phenoxy) is 3. The van der Waals surface area contributed by atoms with Gasteiger partial charge in [0.1, 0.15) is 13.2 Å². The smallest absolute Gasteiger partial charge is 0.306 e. The molecule has 0 aliphatic carbocycles. The van der Waals surface area contributed by atoms with Crippen LogP contribution in [0.25, 0.3) is 0 Å². The van der Waals surface area contributed by atoms with Crippen molar-refractivity contribution in [3.8, 4) is 0 Å². The third kappa shape index (κ3) is 45.0. The summed E-state index contributed by atoms with van der Waals surface area (Å²) in [5.74, 6) is 1.76. The van der Waals surface area contributed by atoms with E-state index in [-0.39, 0.29) is 31.1 Å². The lowest BCUT2D eigenvalue weighted by Crippen LogP contribution is -2.30. The molecule has 62 heavy (non-hydrogen) atoms. The molecule has 6 heteroatoms. The van der Waals surface area contributed by atoms with Gasteiger partial charge in [0.05, 0.1) is 0 Å². The van der Waals surface area contributed by atoms with Gasteiger partial charge in [0.25, 0.3) is 0 Å². The van der Waals surface area contributed by atoms with Gasteiger partial charge in [-0.15, -0.1) is 0 Å². The van der Waals surface area contributed by atoms with Crippen LogP contribution < -0.4 is 0 Å². The normalized spacial score (nSPS) is 13.5. The predicted molar refractivity (Wildman–Crippen MR) is 266 cm³/mol. The number of unbranched alkanes of at least 4 members (excludes halogenated alkanes) is 29. The summed E-state index contributed by atoms with van der Waals surface area (Å²) < 4.78 is 16.9. The highest BCUT2D eigenvalue weighted by Gasteiger charge is 2.19. The molecule has 0 aliphatic heterocycles. The first-order valence-electron chi connectivity index (χ1n) is 27.7. The first-order valence-corrected chi connectivity index (χ1v) is 27.7. The molecular formula is C56H108O6. The van der Waals surface area contributed by atoms with Crippen molar-refractivity contribution >= 4 is 17.9 Å². The molecule has 0 saturated heterocycles. The number of esters is 3. The van der Waals surface area contributed by atoms with Crippen molar-refractivity contribution in [2.75, 3.05) is 13.2 Å². The molecule has 0 aromatic carbocycles. The lowest BCUT2D eigenvalue weighted by atomic mass is 9.99. The zero-order valence-electron chi connectivity index (χ0n) is 42.7. The molecule has 0 heterocycles. The lowest BCUT2D eigenvalue weighted by Gasteiger charge is -2.18. The van der Waals surface area contributed by atoms with Crippen LogP contribution in [0, 0.1) is 17.8 Å². The van der Waals surface area contributed by atoms with Crippen LogP contribution in [0.2, 0.25) is 0 Å². The van der Waals surface area contributed by atoms with Gasteiger partial charge in [-0.2, -0.15) is 0 Å². The zero-order chi connectivity index (χ0) is 45.6. The van der Waals surface area contributed by atoms with E-state index < -0.39 is 6.10 Å². The summed E-state index contributed by atoms with van der Waals surface area (Å²) in [6, 6.07) is 0. The topological polar surface area (TPSA) is 78.9 Å². The monoisotopic (exact) mass is 877 g/mol. The van der Waals surface area contributed by atoms with E-state index in [1.165, 1.54) is 186 Å². The maximum atomic E-state index is 12.8. The van der Waals surface area contributed by atoms with Crippen molar-refractivity contribution < 1.29 is 28.6 Å². The molecule has 4 atom stereocenters. The van der Waals surface area contributed by atoms with Crippen LogP contribution >= 0.6 is 0 Å². The molecule has 0 rings (SSSR count). The van der Waals surface area contributed by atoms with Gasteiger partial charge in [0, 0.05) is 19.3 Å². The Labute approximate surface area is 387 Å². The molecule has 0 aliphatic rings. The molecule has 0 aromatic heterocycles. The van der Waals surface area contributed by atoms with Crippen molar-refractivity contribution in [2.45, 2.75) is 311 Å². The Bertz CT molecular complexity index is 966. The fraction of sp³-hybridized carbons (Fsp3) is 0.946. The number of carbonyl (C=O) groups is 3. The number of carbonyl (C=O) groups excluding carboxylic acids is 3. The Balaban J connectivity index is 4.30. The molecule has 0 aromatic rings. The van der Waals surface area contributed by atoms with Gasteiger partial charge in [-0.1, -0.05) is 266 Å². The van der Waals surface area contributed by atoms with Gasteiger partial charge in [0.15, 0.2) is 6.10 Å². The van der Waals surface area contributed by atoms with Gasteiger partial charge in [-0.25, -0.2) is 0 Å². The molecule has 3 unspecified atom stereocenters. The van der Waals surface area contributed by atoms with E-state index in [4.69, 9.17) is 14.2 Å². The van der Waals surface area contributed by atoms with E-state index in [0.717, 1.165) is 75.5 Å². The Morgan fingerprint density at radius 3 is 0.758 bits per heavy atom. The number of rotatable bonds is 49. The average molecular weight is 877 g/mol. The van der Waals surface area contributed by atoms with E-state index in [9.17, 15) is 14.4 Å². The molecule has 368 valence electrons. The minimum atomic E-state index is -0.764. The van der Waals surface area contributed by atoms with Gasteiger partial charge < -0.3 is 14.2 Å². The summed E-state index contributed by atoms with van der Waals surface area (Å²) >= 11 is 0. The molecule has 0 N–H and O–H groups in total. The van der Waals surface area contributed by atoms with Gasteiger partial charge in [-0.3, -0.25) is 14.4 Å². The van der Waals surface area contributed by atoms with Crippen LogP contribution in [0.3, 0.4) is 0 Å². The lowest BCUT2D eigenvalue weighted by molar-refractivity contribution is -0.167. The second-order valence-corrected chi connectivity index (χ2v) is 19.9. The van der Waals surface area contributed by atoms with Crippen LogP contribution in [0.15, 0.2) is 0 Å². The SMILES string of the molecule is CCC(C)CCCCCCCCCCCCCCCCC(=O)OC[C@@H](COC(=O)CCCCCCCCCCCCC(C)CC)OC(=O)CCCCCCCCCCC(C)CC. The fourth-order valence-corrected chi connectivity index (χ4v) is 8.37. The quantitative estimate of drug-likeness (QED) is 0.0344. The van der Waals surface area contributed by atoms with E-state index in [1.54, 1.807) is 0 Å². The van der Waals surface area contributed by atoms with Gasteiger partial charge in [0.2, 0.25) is 0 Å². The minimum Gasteiger partial charge on any atom is -0.462 e. The van der Waals surface area contributed by atoms with Gasteiger partial charge >= 0.3 is 17.9 Å². The van der Waals surface area contributed by atoms with Crippen LogP contribution in [0.5, 0.6) is 0 Å². The van der Waals surface area contributed by atoms with Crippen molar-refractivity contribution in [3.63, 3.8) is 0 Å². The molecule has 0 amide bonds. The Kier molecular flexibility index (Phi) is 46.2. The van der Waals surface area contributed by atoms with Gasteiger partial charge in [-0.05, 0) is 37.0 Å². The van der Waals surface area contributed by atoms with Crippen LogP contribution in [-0.2, 0) is 28.6 Å². The van der Waals surface area contributed by atoms with Crippen molar-refractivity contribution in [3.05, 3.63) is 0 Å². The van der Waals surface area contributed by atoms with Crippen molar-refractivity contribution in [2.24, 2.45) is 17.8 Å². The molecule has 0 saturated carbocycles. The second kappa shape index (κ2) is 47.4. The molecule has 0 radical (unpaired) electrons. The average Bonchev–Trinajstić information content (AvgIpc) is 3.27. The molecular weight excluding hydrogens is 769 g/mol. The summed E-state index contributed by atoms with van der Waals surface area (Å²) in [5.41, 5.74) is 0. The van der Waals surface area contributed by atoms with E-state index in [1.807, 2.05) is 0 Å². The maximum absolute atomic E-state index is 12.8. The minimum absolute atomic E-state index is 0.0645. The second-order valence-electron chi connectivity index (χ2n) is 19.9. The van der Waals surface area contributed by atoms with Crippen LogP contribution in [-0.4, -0.2) is 37.2 Å². The molecule has 0 fully saturated rings. The first-order chi connectivity index (χ1) is 30.2. The maximum Gasteiger partial charge on any atom is 0.306 e. The zero-order valence-corrected chi connectivity index (χ0v) is 42.7. The summed E-state index contributed by atoms with van der Waals surface area (Å²) in [6.45, 7) is 13.8.